The zero-order valence-corrected chi connectivity index (χ0v) is 16.6. The molecule has 26 heavy (non-hydrogen) atoms. The summed E-state index contributed by atoms with van der Waals surface area (Å²) in [6, 6.07) is 0. The highest BCUT2D eigenvalue weighted by atomic mass is 16.5. The van der Waals surface area contributed by atoms with E-state index in [0.29, 0.717) is 17.8 Å². The molecular formula is C23H32O3. The highest BCUT2D eigenvalue weighted by molar-refractivity contribution is 5.95. The van der Waals surface area contributed by atoms with Gasteiger partial charge in [-0.3, -0.25) is 9.59 Å². The molecule has 0 aliphatic heterocycles. The van der Waals surface area contributed by atoms with Gasteiger partial charge in [0, 0.05) is 12.3 Å². The molecule has 0 aromatic heterocycles. The van der Waals surface area contributed by atoms with E-state index in [1.807, 2.05) is 0 Å². The molecule has 0 amide bonds. The van der Waals surface area contributed by atoms with Crippen LogP contribution in [0, 0.1) is 28.6 Å². The minimum atomic E-state index is -0.145. The third-order valence-corrected chi connectivity index (χ3v) is 8.27. The quantitative estimate of drug-likeness (QED) is 0.516. The van der Waals surface area contributed by atoms with Crippen LogP contribution in [0.5, 0.6) is 0 Å². The molecule has 0 saturated heterocycles. The Morgan fingerprint density at radius 3 is 2.54 bits per heavy atom. The second-order valence-corrected chi connectivity index (χ2v) is 9.60. The third-order valence-electron chi connectivity index (χ3n) is 8.27. The van der Waals surface area contributed by atoms with Gasteiger partial charge in [-0.15, -0.1) is 0 Å². The average molecular weight is 357 g/mol. The van der Waals surface area contributed by atoms with Gasteiger partial charge >= 0.3 is 5.97 Å². The topological polar surface area (TPSA) is 43.4 Å². The van der Waals surface area contributed by atoms with E-state index in [1.54, 1.807) is 12.5 Å². The fraction of sp³-hybridized carbons (Fsp3) is 0.739. The molecule has 0 aromatic carbocycles. The van der Waals surface area contributed by atoms with Crippen LogP contribution >= 0.6 is 0 Å². The first kappa shape index (κ1) is 18.0. The molecule has 4 rings (SSSR count). The number of hydrogen-bond acceptors (Lipinski definition) is 3. The predicted octanol–water partition coefficient (Wildman–Crippen LogP) is 5.01. The van der Waals surface area contributed by atoms with E-state index >= 15 is 0 Å². The summed E-state index contributed by atoms with van der Waals surface area (Å²) in [5.74, 6) is 1.94. The summed E-state index contributed by atoms with van der Waals surface area (Å²) in [7, 11) is 0. The molecule has 0 unspecified atom stereocenters. The Morgan fingerprint density at radius 2 is 1.85 bits per heavy atom. The van der Waals surface area contributed by atoms with Gasteiger partial charge in [-0.2, -0.15) is 0 Å². The van der Waals surface area contributed by atoms with Crippen LogP contribution in [0.15, 0.2) is 23.3 Å². The van der Waals surface area contributed by atoms with Crippen molar-refractivity contribution in [1.82, 2.24) is 0 Å². The van der Waals surface area contributed by atoms with Crippen LogP contribution in [0.2, 0.25) is 0 Å². The van der Waals surface area contributed by atoms with Crippen LogP contribution in [-0.4, -0.2) is 17.9 Å². The lowest BCUT2D eigenvalue weighted by molar-refractivity contribution is -0.151. The van der Waals surface area contributed by atoms with E-state index in [1.165, 1.54) is 19.8 Å². The summed E-state index contributed by atoms with van der Waals surface area (Å²) in [4.78, 5) is 23.5. The van der Waals surface area contributed by atoms with Gasteiger partial charge in [0.2, 0.25) is 0 Å². The average Bonchev–Trinajstić information content (AvgIpc) is 2.92. The van der Waals surface area contributed by atoms with Gasteiger partial charge in [0.05, 0.1) is 0 Å². The van der Waals surface area contributed by atoms with Gasteiger partial charge in [-0.1, -0.05) is 31.6 Å². The largest absolute Gasteiger partial charge is 0.463 e. The molecule has 4 aliphatic rings. The molecule has 2 fully saturated rings. The van der Waals surface area contributed by atoms with Gasteiger partial charge in [0.15, 0.2) is 5.78 Å². The molecule has 6 atom stereocenters. The Morgan fingerprint density at radius 1 is 1.08 bits per heavy atom. The number of rotatable bonds is 2. The van der Waals surface area contributed by atoms with Gasteiger partial charge < -0.3 is 4.74 Å². The lowest BCUT2D eigenvalue weighted by Gasteiger charge is -2.56. The first-order chi connectivity index (χ1) is 12.3. The van der Waals surface area contributed by atoms with Crippen molar-refractivity contribution in [3.05, 3.63) is 23.3 Å². The van der Waals surface area contributed by atoms with Gasteiger partial charge in [0.25, 0.3) is 0 Å². The predicted molar refractivity (Wildman–Crippen MR) is 101 cm³/mol. The Kier molecular flexibility index (Phi) is 4.20. The maximum atomic E-state index is 12.2. The smallest absolute Gasteiger partial charge is 0.302 e. The number of Topliss-reactive ketones (excluding diaryl/α,β-unsaturated/α-hetero) is 1. The molecule has 0 N–H and O–H groups in total. The molecule has 2 saturated carbocycles. The molecule has 0 aromatic rings. The molecule has 142 valence electrons. The van der Waals surface area contributed by atoms with Gasteiger partial charge in [0.1, 0.15) is 6.10 Å². The minimum Gasteiger partial charge on any atom is -0.463 e. The van der Waals surface area contributed by atoms with Crippen LogP contribution in [0.3, 0.4) is 0 Å². The number of carbonyl (C=O) groups excluding carboxylic acids is 2. The molecule has 3 heteroatoms. The Labute approximate surface area is 157 Å². The molecule has 3 nitrogen and oxygen atoms in total. The van der Waals surface area contributed by atoms with Crippen molar-refractivity contribution in [2.45, 2.75) is 78.7 Å². The SMILES string of the molecule is CC(=O)O[C@@H]1CC[C@]2(C)C3=CC[C@]4(C)C(C(C)=O)=CC[C@@H]4[C@H]3CC[C@@H]2C1. The van der Waals surface area contributed by atoms with Crippen LogP contribution in [0.4, 0.5) is 0 Å². The Bertz CT molecular complexity index is 702. The zero-order valence-electron chi connectivity index (χ0n) is 16.6. The van der Waals surface area contributed by atoms with Crippen molar-refractivity contribution in [3.63, 3.8) is 0 Å². The summed E-state index contributed by atoms with van der Waals surface area (Å²) >= 11 is 0. The molecule has 4 aliphatic carbocycles. The van der Waals surface area contributed by atoms with E-state index < -0.39 is 0 Å². The van der Waals surface area contributed by atoms with Crippen molar-refractivity contribution in [1.29, 1.82) is 0 Å². The van der Waals surface area contributed by atoms with Crippen LogP contribution in [0.1, 0.15) is 72.6 Å². The van der Waals surface area contributed by atoms with E-state index in [0.717, 1.165) is 37.7 Å². The summed E-state index contributed by atoms with van der Waals surface area (Å²) < 4.78 is 5.54. The number of esters is 1. The van der Waals surface area contributed by atoms with Crippen molar-refractivity contribution in [3.8, 4) is 0 Å². The number of ketones is 1. The lowest BCUT2D eigenvalue weighted by Crippen LogP contribution is -2.48. The number of ether oxygens (including phenoxy) is 1. The van der Waals surface area contributed by atoms with Crippen molar-refractivity contribution < 1.29 is 14.3 Å². The summed E-state index contributed by atoms with van der Waals surface area (Å²) in [5, 5.41) is 0. The number of carbonyl (C=O) groups is 2. The van der Waals surface area contributed by atoms with Crippen LogP contribution in [0.25, 0.3) is 0 Å². The monoisotopic (exact) mass is 356 g/mol. The highest BCUT2D eigenvalue weighted by Gasteiger charge is 2.56. The fourth-order valence-electron chi connectivity index (χ4n) is 6.96. The molecule has 0 heterocycles. The number of fused-ring (bicyclic) bond motifs is 5. The normalized spacial score (nSPS) is 44.2. The maximum absolute atomic E-state index is 12.2. The first-order valence-corrected chi connectivity index (χ1v) is 10.3. The minimum absolute atomic E-state index is 0.0398. The molecule has 0 radical (unpaired) electrons. The van der Waals surface area contributed by atoms with E-state index in [2.05, 4.69) is 26.0 Å². The molecule has 0 spiro atoms. The standard InChI is InChI=1S/C23H32O3/c1-14(24)19-7-8-20-18-6-5-16-13-17(26-15(2)25)9-11-22(16,3)21(18)10-12-23(19,20)4/h7,10,16-18,20H,5-6,8-9,11-13H2,1-4H3/t16-,17-,18-,20-,22+,23-/m1/s1. The second-order valence-electron chi connectivity index (χ2n) is 9.60. The Hall–Kier alpha value is -1.38. The summed E-state index contributed by atoms with van der Waals surface area (Å²) in [6.45, 7) is 8.02. The second kappa shape index (κ2) is 6.07. The number of allylic oxidation sites excluding steroid dienone is 4. The highest BCUT2D eigenvalue weighted by Crippen LogP contribution is 2.64. The Balaban J connectivity index is 1.60. The number of hydrogen-bond donors (Lipinski definition) is 0. The zero-order chi connectivity index (χ0) is 18.7. The van der Waals surface area contributed by atoms with E-state index in [9.17, 15) is 9.59 Å². The van der Waals surface area contributed by atoms with Gasteiger partial charge in [-0.05, 0) is 80.6 Å². The first-order valence-electron chi connectivity index (χ1n) is 10.3. The fourth-order valence-corrected chi connectivity index (χ4v) is 6.96. The van der Waals surface area contributed by atoms with Crippen molar-refractivity contribution in [2.24, 2.45) is 28.6 Å². The molecular weight excluding hydrogens is 324 g/mol. The van der Waals surface area contributed by atoms with Crippen molar-refractivity contribution >= 4 is 11.8 Å². The van der Waals surface area contributed by atoms with E-state index in [4.69, 9.17) is 4.74 Å². The van der Waals surface area contributed by atoms with E-state index in [-0.39, 0.29) is 28.7 Å². The van der Waals surface area contributed by atoms with Crippen LogP contribution < -0.4 is 0 Å². The lowest BCUT2D eigenvalue weighted by atomic mass is 9.48. The van der Waals surface area contributed by atoms with Gasteiger partial charge in [-0.25, -0.2) is 0 Å². The van der Waals surface area contributed by atoms with Crippen LogP contribution in [-0.2, 0) is 14.3 Å². The molecule has 0 bridgehead atoms. The maximum Gasteiger partial charge on any atom is 0.302 e. The third kappa shape index (κ3) is 2.53. The summed E-state index contributed by atoms with van der Waals surface area (Å²) in [5.41, 5.74) is 3.03. The van der Waals surface area contributed by atoms with Crippen molar-refractivity contribution in [2.75, 3.05) is 0 Å². The summed E-state index contributed by atoms with van der Waals surface area (Å²) in [6.07, 6.45) is 12.5.